The van der Waals surface area contributed by atoms with Crippen molar-refractivity contribution in [2.24, 2.45) is 0 Å². The lowest BCUT2D eigenvalue weighted by atomic mass is 10.1. The molecule has 0 bridgehead atoms. The number of amides is 1. The molecule has 1 N–H and O–H groups in total. The molecule has 8 heteroatoms. The zero-order chi connectivity index (χ0) is 21.0. The largest absolute Gasteiger partial charge is 0.439 e. The van der Waals surface area contributed by atoms with Crippen molar-refractivity contribution in [3.05, 3.63) is 89.4 Å². The Hall–Kier alpha value is -3.42. The van der Waals surface area contributed by atoms with E-state index in [1.807, 2.05) is 0 Å². The molecule has 4 nitrogen and oxygen atoms in total. The number of carbonyl (C=O) groups excluding carboxylic acids is 1. The Balaban J connectivity index is 1.63. The van der Waals surface area contributed by atoms with E-state index in [0.717, 1.165) is 12.1 Å². The maximum absolute atomic E-state index is 13.3. The zero-order valence-electron chi connectivity index (χ0n) is 15.2. The lowest BCUT2D eigenvalue weighted by Gasteiger charge is -2.14. The van der Waals surface area contributed by atoms with Gasteiger partial charge in [0.15, 0.2) is 0 Å². The number of aromatic nitrogens is 1. The molecule has 0 aliphatic rings. The fourth-order valence-corrected chi connectivity index (χ4v) is 2.54. The van der Waals surface area contributed by atoms with Crippen molar-refractivity contribution in [3.63, 3.8) is 0 Å². The van der Waals surface area contributed by atoms with E-state index in [9.17, 15) is 22.4 Å². The molecule has 0 saturated heterocycles. The number of carbonyl (C=O) groups is 1. The molecule has 150 valence electrons. The first kappa shape index (κ1) is 20.3. The van der Waals surface area contributed by atoms with Crippen molar-refractivity contribution in [1.29, 1.82) is 0 Å². The van der Waals surface area contributed by atoms with Crippen molar-refractivity contribution >= 4 is 5.91 Å². The summed E-state index contributed by atoms with van der Waals surface area (Å²) < 4.78 is 56.3. The molecule has 1 unspecified atom stereocenters. The van der Waals surface area contributed by atoms with Gasteiger partial charge in [-0.2, -0.15) is 13.2 Å². The minimum Gasteiger partial charge on any atom is -0.439 e. The number of hydrogen-bond donors (Lipinski definition) is 1. The van der Waals surface area contributed by atoms with Gasteiger partial charge in [-0.15, -0.1) is 0 Å². The van der Waals surface area contributed by atoms with Crippen LogP contribution in [0.25, 0.3) is 0 Å². The molecule has 1 atom stereocenters. The van der Waals surface area contributed by atoms with Gasteiger partial charge in [0.05, 0.1) is 11.6 Å². The van der Waals surface area contributed by atoms with Gasteiger partial charge in [0.1, 0.15) is 11.6 Å². The van der Waals surface area contributed by atoms with Gasteiger partial charge in [-0.3, -0.25) is 4.79 Å². The Bertz CT molecular complexity index is 987. The molecule has 3 aromatic rings. The fourth-order valence-electron chi connectivity index (χ4n) is 2.54. The number of benzene rings is 2. The number of alkyl halides is 3. The summed E-state index contributed by atoms with van der Waals surface area (Å²) >= 11 is 0. The van der Waals surface area contributed by atoms with Gasteiger partial charge in [0, 0.05) is 17.8 Å². The summed E-state index contributed by atoms with van der Waals surface area (Å²) in [6, 6.07) is 13.5. The van der Waals surface area contributed by atoms with Crippen LogP contribution in [0.2, 0.25) is 0 Å². The third kappa shape index (κ3) is 5.31. The molecule has 2 aromatic carbocycles. The second kappa shape index (κ2) is 8.30. The monoisotopic (exact) mass is 404 g/mol. The van der Waals surface area contributed by atoms with E-state index in [2.05, 4.69) is 10.3 Å². The molecule has 29 heavy (non-hydrogen) atoms. The highest BCUT2D eigenvalue weighted by molar-refractivity contribution is 5.94. The van der Waals surface area contributed by atoms with Crippen LogP contribution in [0.5, 0.6) is 11.6 Å². The third-order valence-electron chi connectivity index (χ3n) is 4.10. The molecule has 1 heterocycles. The van der Waals surface area contributed by atoms with Gasteiger partial charge in [0.25, 0.3) is 5.91 Å². The van der Waals surface area contributed by atoms with Crippen LogP contribution < -0.4 is 10.1 Å². The molecule has 0 saturated carbocycles. The van der Waals surface area contributed by atoms with Crippen molar-refractivity contribution in [3.8, 4) is 11.6 Å². The molecular formula is C21H16F4N2O2. The maximum Gasteiger partial charge on any atom is 0.417 e. The normalized spacial score (nSPS) is 12.3. The van der Waals surface area contributed by atoms with Gasteiger partial charge in [-0.25, -0.2) is 9.37 Å². The summed E-state index contributed by atoms with van der Waals surface area (Å²) in [5.74, 6) is -0.440. The lowest BCUT2D eigenvalue weighted by Crippen LogP contribution is -2.26. The highest BCUT2D eigenvalue weighted by Crippen LogP contribution is 2.30. The van der Waals surface area contributed by atoms with Gasteiger partial charge in [-0.05, 0) is 55.0 Å². The van der Waals surface area contributed by atoms with E-state index in [4.69, 9.17) is 4.74 Å². The minimum absolute atomic E-state index is 0.00470. The predicted octanol–water partition coefficient (Wildman–Crippen LogP) is 5.52. The Morgan fingerprint density at radius 2 is 1.79 bits per heavy atom. The molecule has 3 rings (SSSR count). The maximum atomic E-state index is 13.3. The van der Waals surface area contributed by atoms with E-state index >= 15 is 0 Å². The van der Waals surface area contributed by atoms with Crippen LogP contribution in [0.1, 0.15) is 34.5 Å². The molecule has 0 aliphatic carbocycles. The number of rotatable bonds is 5. The van der Waals surface area contributed by atoms with Crippen LogP contribution >= 0.6 is 0 Å². The average molecular weight is 404 g/mol. The third-order valence-corrected chi connectivity index (χ3v) is 4.10. The summed E-state index contributed by atoms with van der Waals surface area (Å²) in [6.07, 6.45) is -3.78. The number of nitrogens with zero attached hydrogens (tertiary/aromatic N) is 1. The quantitative estimate of drug-likeness (QED) is 0.570. The second-order valence-corrected chi connectivity index (χ2v) is 6.26. The van der Waals surface area contributed by atoms with Gasteiger partial charge in [0.2, 0.25) is 5.88 Å². The number of ether oxygens (including phenoxy) is 1. The van der Waals surface area contributed by atoms with Gasteiger partial charge in [-0.1, -0.05) is 12.1 Å². The highest BCUT2D eigenvalue weighted by atomic mass is 19.4. The summed E-state index contributed by atoms with van der Waals surface area (Å²) in [7, 11) is 0. The zero-order valence-corrected chi connectivity index (χ0v) is 15.2. The standard InChI is InChI=1S/C21H16F4N2O2/c1-13(15-3-2-4-17(22)11-15)27-20(28)14-5-8-18(9-6-14)29-19-10-7-16(12-26-19)21(23,24)25/h2-13H,1H3,(H,27,28). The van der Waals surface area contributed by atoms with E-state index in [1.54, 1.807) is 19.1 Å². The van der Waals surface area contributed by atoms with E-state index in [-0.39, 0.29) is 17.6 Å². The van der Waals surface area contributed by atoms with Gasteiger partial charge >= 0.3 is 6.18 Å². The summed E-state index contributed by atoms with van der Waals surface area (Å²) in [4.78, 5) is 16.0. The number of nitrogens with one attached hydrogen (secondary N) is 1. The van der Waals surface area contributed by atoms with Crippen molar-refractivity contribution in [2.75, 3.05) is 0 Å². The fraction of sp³-hybridized carbons (Fsp3) is 0.143. The first-order valence-corrected chi connectivity index (χ1v) is 8.60. The number of pyridine rings is 1. The van der Waals surface area contributed by atoms with E-state index in [0.29, 0.717) is 23.1 Å². The molecule has 0 aliphatic heterocycles. The summed E-state index contributed by atoms with van der Waals surface area (Å²) in [5.41, 5.74) is 0.108. The SMILES string of the molecule is CC(NC(=O)c1ccc(Oc2ccc(C(F)(F)F)cn2)cc1)c1cccc(F)c1. The molecular weight excluding hydrogens is 388 g/mol. The first-order chi connectivity index (χ1) is 13.7. The molecule has 0 radical (unpaired) electrons. The van der Waals surface area contributed by atoms with Gasteiger partial charge < -0.3 is 10.1 Å². The van der Waals surface area contributed by atoms with Crippen LogP contribution in [0.15, 0.2) is 66.9 Å². The molecule has 0 fully saturated rings. The summed E-state index contributed by atoms with van der Waals surface area (Å²) in [6.45, 7) is 1.74. The van der Waals surface area contributed by atoms with Crippen LogP contribution in [0, 0.1) is 5.82 Å². The Kier molecular flexibility index (Phi) is 5.81. The van der Waals surface area contributed by atoms with Crippen molar-refractivity contribution < 1.29 is 27.1 Å². The predicted molar refractivity (Wildman–Crippen MR) is 98.0 cm³/mol. The van der Waals surface area contributed by atoms with E-state index < -0.39 is 17.8 Å². The lowest BCUT2D eigenvalue weighted by molar-refractivity contribution is -0.137. The van der Waals surface area contributed by atoms with Crippen LogP contribution in [0.3, 0.4) is 0 Å². The van der Waals surface area contributed by atoms with Crippen molar-refractivity contribution in [2.45, 2.75) is 19.1 Å². The number of hydrogen-bond acceptors (Lipinski definition) is 3. The second-order valence-electron chi connectivity index (χ2n) is 6.26. The topological polar surface area (TPSA) is 51.2 Å². The summed E-state index contributed by atoms with van der Waals surface area (Å²) in [5, 5.41) is 2.76. The Labute approximate surface area is 164 Å². The van der Waals surface area contributed by atoms with Crippen LogP contribution in [0.4, 0.5) is 17.6 Å². The van der Waals surface area contributed by atoms with Crippen LogP contribution in [-0.2, 0) is 6.18 Å². The van der Waals surface area contributed by atoms with Crippen molar-refractivity contribution in [1.82, 2.24) is 10.3 Å². The molecule has 1 aromatic heterocycles. The first-order valence-electron chi connectivity index (χ1n) is 8.60. The Morgan fingerprint density at radius 3 is 2.38 bits per heavy atom. The Morgan fingerprint density at radius 1 is 1.07 bits per heavy atom. The molecule has 0 spiro atoms. The highest BCUT2D eigenvalue weighted by Gasteiger charge is 2.30. The number of halogens is 4. The smallest absolute Gasteiger partial charge is 0.417 e. The van der Waals surface area contributed by atoms with E-state index in [1.165, 1.54) is 36.4 Å². The van der Waals surface area contributed by atoms with Crippen LogP contribution in [-0.4, -0.2) is 10.9 Å². The molecule has 1 amide bonds. The average Bonchev–Trinajstić information content (AvgIpc) is 2.68. The minimum atomic E-state index is -4.47.